The summed E-state index contributed by atoms with van der Waals surface area (Å²) < 4.78 is 0. The predicted octanol–water partition coefficient (Wildman–Crippen LogP) is 9.06. The van der Waals surface area contributed by atoms with E-state index in [1.807, 2.05) is 12.1 Å². The van der Waals surface area contributed by atoms with E-state index >= 15 is 0 Å². The Bertz CT molecular complexity index is 1430. The van der Waals surface area contributed by atoms with Crippen molar-refractivity contribution in [3.8, 4) is 28.3 Å². The van der Waals surface area contributed by atoms with Crippen LogP contribution in [0.4, 0.5) is 0 Å². The fraction of sp³-hybridized carbons (Fsp3) is 0.486. The molecule has 5 aliphatic rings. The molecule has 2 heterocycles. The van der Waals surface area contributed by atoms with Crippen LogP contribution in [0, 0.1) is 23.2 Å². The summed E-state index contributed by atoms with van der Waals surface area (Å²) in [4.78, 5) is 3.17. The largest absolute Gasteiger partial charge is 0.292 e. The van der Waals surface area contributed by atoms with Gasteiger partial charge in [-0.3, -0.25) is 4.90 Å². The number of thioether (sulfide) groups is 1. The van der Waals surface area contributed by atoms with Crippen LogP contribution in [0.2, 0.25) is 0 Å². The summed E-state index contributed by atoms with van der Waals surface area (Å²) in [6, 6.07) is 31.1. The molecule has 204 valence electrons. The highest BCUT2D eigenvalue weighted by Gasteiger charge is 2.59. The Balaban J connectivity index is 1.08. The quantitative estimate of drug-likeness (QED) is 0.329. The second kappa shape index (κ2) is 10.4. The fourth-order valence-corrected chi connectivity index (χ4v) is 11.7. The van der Waals surface area contributed by atoms with Crippen molar-refractivity contribution in [2.24, 2.45) is 11.8 Å². The first kappa shape index (κ1) is 25.2. The molecule has 0 N–H and O–H groups in total. The highest BCUT2D eigenvalue weighted by atomic mass is 32.2. The monoisotopic (exact) mass is 544 g/mol. The van der Waals surface area contributed by atoms with E-state index in [0.717, 1.165) is 62.7 Å². The van der Waals surface area contributed by atoms with E-state index in [4.69, 9.17) is 0 Å². The molecule has 8 rings (SSSR count). The van der Waals surface area contributed by atoms with Crippen LogP contribution in [0.3, 0.4) is 0 Å². The van der Waals surface area contributed by atoms with Gasteiger partial charge in [-0.05, 0) is 109 Å². The van der Waals surface area contributed by atoms with Crippen LogP contribution in [0.15, 0.2) is 72.8 Å². The number of rotatable bonds is 3. The molecular weight excluding hydrogens is 504 g/mol. The Morgan fingerprint density at radius 2 is 1.45 bits per heavy atom. The zero-order valence-corrected chi connectivity index (χ0v) is 24.2. The van der Waals surface area contributed by atoms with Crippen LogP contribution in [-0.4, -0.2) is 33.5 Å². The van der Waals surface area contributed by atoms with Gasteiger partial charge in [0.25, 0.3) is 0 Å². The lowest BCUT2D eigenvalue weighted by atomic mass is 9.69. The summed E-state index contributed by atoms with van der Waals surface area (Å²) in [6.45, 7) is 0. The van der Waals surface area contributed by atoms with E-state index in [1.165, 1.54) is 75.3 Å². The van der Waals surface area contributed by atoms with E-state index in [1.54, 1.807) is 0 Å². The third-order valence-corrected chi connectivity index (χ3v) is 13.0. The van der Waals surface area contributed by atoms with Gasteiger partial charge in [0.05, 0.1) is 11.6 Å². The average Bonchev–Trinajstić information content (AvgIpc) is 3.36. The predicted molar refractivity (Wildman–Crippen MR) is 166 cm³/mol. The van der Waals surface area contributed by atoms with Gasteiger partial charge in [0, 0.05) is 28.6 Å². The Kier molecular flexibility index (Phi) is 6.54. The van der Waals surface area contributed by atoms with Crippen LogP contribution < -0.4 is 0 Å². The summed E-state index contributed by atoms with van der Waals surface area (Å²) in [7, 11) is 0. The maximum absolute atomic E-state index is 9.80. The zero-order valence-electron chi connectivity index (χ0n) is 23.4. The lowest BCUT2D eigenvalue weighted by molar-refractivity contribution is 0.0606. The molecule has 8 atom stereocenters. The molecule has 0 aromatic heterocycles. The van der Waals surface area contributed by atoms with E-state index in [-0.39, 0.29) is 0 Å². The van der Waals surface area contributed by atoms with Gasteiger partial charge in [0.1, 0.15) is 0 Å². The molecule has 3 aromatic rings. The van der Waals surface area contributed by atoms with Crippen molar-refractivity contribution < 1.29 is 0 Å². The van der Waals surface area contributed by atoms with Crippen molar-refractivity contribution in [1.82, 2.24) is 4.90 Å². The second-order valence-electron chi connectivity index (χ2n) is 13.2. The Hall–Kier alpha value is -2.54. The van der Waals surface area contributed by atoms with E-state index in [2.05, 4.69) is 83.4 Å². The summed E-state index contributed by atoms with van der Waals surface area (Å²) >= 11 is 2.43. The number of hydrogen-bond donors (Lipinski definition) is 0. The van der Waals surface area contributed by atoms with E-state index < -0.39 is 0 Å². The molecule has 40 heavy (non-hydrogen) atoms. The zero-order chi connectivity index (χ0) is 26.6. The normalized spacial score (nSPS) is 34.8. The van der Waals surface area contributed by atoms with Gasteiger partial charge in [0.2, 0.25) is 0 Å². The molecule has 5 fully saturated rings. The maximum Gasteiger partial charge on any atom is 0.0992 e. The smallest absolute Gasteiger partial charge is 0.0992 e. The number of benzene rings is 3. The van der Waals surface area contributed by atoms with Gasteiger partial charge in [-0.15, -0.1) is 0 Å². The minimum absolute atomic E-state index is 0.658. The molecule has 2 saturated heterocycles. The summed E-state index contributed by atoms with van der Waals surface area (Å²) in [5.41, 5.74) is 6.93. The first-order valence-electron chi connectivity index (χ1n) is 15.9. The van der Waals surface area contributed by atoms with Crippen LogP contribution >= 0.6 is 11.8 Å². The molecule has 0 amide bonds. The van der Waals surface area contributed by atoms with Crippen molar-refractivity contribution in [3.05, 3.63) is 83.9 Å². The van der Waals surface area contributed by atoms with Crippen LogP contribution in [-0.2, 0) is 0 Å². The molecule has 3 aliphatic carbocycles. The maximum atomic E-state index is 9.80. The number of nitriles is 1. The van der Waals surface area contributed by atoms with Crippen LogP contribution in [0.1, 0.15) is 81.3 Å². The first-order valence-corrected chi connectivity index (χ1v) is 16.8. The highest BCUT2D eigenvalue weighted by molar-refractivity contribution is 8.00. The van der Waals surface area contributed by atoms with Gasteiger partial charge in [-0.1, -0.05) is 73.9 Å². The van der Waals surface area contributed by atoms with Crippen LogP contribution in [0.25, 0.3) is 22.3 Å². The molecule has 0 spiro atoms. The molecule has 0 bridgehead atoms. The molecule has 0 radical (unpaired) electrons. The molecule has 3 aromatic carbocycles. The van der Waals surface area contributed by atoms with Crippen LogP contribution in [0.5, 0.6) is 0 Å². The summed E-state index contributed by atoms with van der Waals surface area (Å²) in [6.07, 6.45) is 14.3. The Morgan fingerprint density at radius 1 is 0.650 bits per heavy atom. The van der Waals surface area contributed by atoms with Gasteiger partial charge in [-0.25, -0.2) is 0 Å². The fourth-order valence-electron chi connectivity index (χ4n) is 9.64. The van der Waals surface area contributed by atoms with Crippen molar-refractivity contribution >= 4 is 11.8 Å². The van der Waals surface area contributed by atoms with Gasteiger partial charge >= 0.3 is 0 Å². The first-order chi connectivity index (χ1) is 19.8. The highest BCUT2D eigenvalue weighted by Crippen LogP contribution is 2.59. The number of nitrogens with zero attached hydrogens (tertiary/aromatic N) is 2. The third kappa shape index (κ3) is 4.26. The van der Waals surface area contributed by atoms with E-state index in [0.29, 0.717) is 5.92 Å². The Labute approximate surface area is 244 Å². The topological polar surface area (TPSA) is 27.0 Å². The third-order valence-electron chi connectivity index (χ3n) is 11.2. The minimum Gasteiger partial charge on any atom is -0.292 e. The van der Waals surface area contributed by atoms with Gasteiger partial charge in [-0.2, -0.15) is 17.0 Å². The molecule has 2 aliphatic heterocycles. The van der Waals surface area contributed by atoms with E-state index in [9.17, 15) is 5.26 Å². The number of hydrogen-bond acceptors (Lipinski definition) is 3. The lowest BCUT2D eigenvalue weighted by Crippen LogP contribution is -2.59. The minimum atomic E-state index is 0.658. The second-order valence-corrected chi connectivity index (χ2v) is 14.7. The van der Waals surface area contributed by atoms with Crippen molar-refractivity contribution in [3.63, 3.8) is 0 Å². The average molecular weight is 545 g/mol. The van der Waals surface area contributed by atoms with Crippen molar-refractivity contribution in [2.45, 2.75) is 98.8 Å². The molecule has 3 heteroatoms. The molecule has 3 saturated carbocycles. The molecular formula is C37H40N2S. The lowest BCUT2D eigenvalue weighted by Gasteiger charge is -2.53. The van der Waals surface area contributed by atoms with Crippen molar-refractivity contribution in [2.75, 3.05) is 0 Å². The standard InChI is InChI=1S/C37H40N2S/c38-23-24-18-29(25-8-2-1-3-9-25)21-30(19-24)27-11-6-10-26(20-27)28-16-17-33-32(22-28)31-12-7-15-36-37(31)39(33)34-13-4-5-14-35(34)40-36/h1-3,6,8-11,18-21,28,31-37H,4-5,7,12-17,22H2. The van der Waals surface area contributed by atoms with Crippen molar-refractivity contribution in [1.29, 1.82) is 5.26 Å². The molecule has 2 nitrogen and oxygen atoms in total. The summed E-state index contributed by atoms with van der Waals surface area (Å²) in [5.74, 6) is 2.46. The number of fused-ring (bicyclic) bond motifs is 5. The van der Waals surface area contributed by atoms with Gasteiger partial charge in [0.15, 0.2) is 0 Å². The molecule has 8 unspecified atom stereocenters. The Morgan fingerprint density at radius 3 is 2.33 bits per heavy atom. The summed E-state index contributed by atoms with van der Waals surface area (Å²) in [5, 5.41) is 11.6. The van der Waals surface area contributed by atoms with Gasteiger partial charge < -0.3 is 0 Å². The SMILES string of the molecule is N#Cc1cc(-c2ccccc2)cc(-c2cccc(C3CCC4C(C3)C3CCCC5SC6CCCCC6N4C53)c2)c1.